The highest BCUT2D eigenvalue weighted by atomic mass is 16.6. The Labute approximate surface area is 90.6 Å². The van der Waals surface area contributed by atoms with Gasteiger partial charge in [0.1, 0.15) is 24.4 Å². The second-order valence-electron chi connectivity index (χ2n) is 3.52. The third-order valence-electron chi connectivity index (χ3n) is 2.61. The Kier molecular flexibility index (Phi) is 5.49. The highest BCUT2D eigenvalue weighted by Crippen LogP contribution is 2.26. The summed E-state index contributed by atoms with van der Waals surface area (Å²) in [6, 6.07) is 0. The summed E-state index contributed by atoms with van der Waals surface area (Å²) in [6.07, 6.45) is -0.389. The number of rotatable bonds is 6. The molecule has 5 heteroatoms. The van der Waals surface area contributed by atoms with Crippen LogP contribution < -0.4 is 0 Å². The van der Waals surface area contributed by atoms with Crippen LogP contribution in [-0.4, -0.2) is 66.1 Å². The summed E-state index contributed by atoms with van der Waals surface area (Å²) >= 11 is 0. The molecule has 1 saturated heterocycles. The zero-order valence-electron chi connectivity index (χ0n) is 9.76. The molecule has 0 aliphatic carbocycles. The first-order valence-corrected chi connectivity index (χ1v) is 4.97. The van der Waals surface area contributed by atoms with Crippen LogP contribution in [0.15, 0.2) is 0 Å². The average Bonchev–Trinajstić information content (AvgIpc) is 2.56. The quantitative estimate of drug-likeness (QED) is 0.634. The Morgan fingerprint density at radius 1 is 0.800 bits per heavy atom. The number of hydrogen-bond donors (Lipinski definition) is 0. The molecule has 0 aromatic rings. The molecule has 1 fully saturated rings. The standard InChI is InChI=1S/C10H20O5/c1-11-5-7-9(13-3)10(14-4)8(15-7)6-12-2/h7-10H,5-6H2,1-4H3. The summed E-state index contributed by atoms with van der Waals surface area (Å²) in [5.74, 6) is 0. The maximum absolute atomic E-state index is 5.75. The molecule has 4 atom stereocenters. The van der Waals surface area contributed by atoms with Crippen LogP contribution in [0.3, 0.4) is 0 Å². The fraction of sp³-hybridized carbons (Fsp3) is 1.00. The molecule has 5 nitrogen and oxygen atoms in total. The largest absolute Gasteiger partial charge is 0.382 e. The molecule has 15 heavy (non-hydrogen) atoms. The zero-order chi connectivity index (χ0) is 11.3. The Bertz CT molecular complexity index is 157. The van der Waals surface area contributed by atoms with E-state index in [1.165, 1.54) is 0 Å². The van der Waals surface area contributed by atoms with E-state index in [1.807, 2.05) is 0 Å². The van der Waals surface area contributed by atoms with Crippen molar-refractivity contribution < 1.29 is 23.7 Å². The molecule has 0 aromatic carbocycles. The molecule has 1 aliphatic heterocycles. The maximum atomic E-state index is 5.75. The summed E-state index contributed by atoms with van der Waals surface area (Å²) in [4.78, 5) is 0. The van der Waals surface area contributed by atoms with Gasteiger partial charge in [0.2, 0.25) is 0 Å². The van der Waals surface area contributed by atoms with Crippen molar-refractivity contribution in [1.82, 2.24) is 0 Å². The minimum atomic E-state index is -0.102. The smallest absolute Gasteiger partial charge is 0.114 e. The number of ether oxygens (including phenoxy) is 5. The van der Waals surface area contributed by atoms with E-state index in [-0.39, 0.29) is 24.4 Å². The lowest BCUT2D eigenvalue weighted by Crippen LogP contribution is -2.38. The van der Waals surface area contributed by atoms with E-state index in [4.69, 9.17) is 23.7 Å². The van der Waals surface area contributed by atoms with E-state index in [0.717, 1.165) is 0 Å². The number of methoxy groups -OCH3 is 4. The van der Waals surface area contributed by atoms with Gasteiger partial charge in [0.05, 0.1) is 13.2 Å². The molecule has 0 spiro atoms. The molecule has 90 valence electrons. The van der Waals surface area contributed by atoms with Crippen molar-refractivity contribution in [2.45, 2.75) is 24.4 Å². The highest BCUT2D eigenvalue weighted by molar-refractivity contribution is 4.92. The van der Waals surface area contributed by atoms with Crippen molar-refractivity contribution in [1.29, 1.82) is 0 Å². The molecule has 1 aliphatic rings. The van der Waals surface area contributed by atoms with Gasteiger partial charge in [-0.05, 0) is 0 Å². The van der Waals surface area contributed by atoms with E-state index in [0.29, 0.717) is 13.2 Å². The predicted octanol–water partition coefficient (Wildman–Crippen LogP) is 0.0766. The molecule has 1 heterocycles. The lowest BCUT2D eigenvalue weighted by molar-refractivity contribution is -0.0588. The van der Waals surface area contributed by atoms with Gasteiger partial charge >= 0.3 is 0 Å². The van der Waals surface area contributed by atoms with Crippen molar-refractivity contribution in [3.8, 4) is 0 Å². The molecule has 0 aromatic heterocycles. The highest BCUT2D eigenvalue weighted by Gasteiger charge is 2.45. The molecular formula is C10H20O5. The van der Waals surface area contributed by atoms with Crippen molar-refractivity contribution in [2.75, 3.05) is 41.7 Å². The summed E-state index contributed by atoms with van der Waals surface area (Å²) in [5, 5.41) is 0. The lowest BCUT2D eigenvalue weighted by atomic mass is 10.1. The average molecular weight is 220 g/mol. The van der Waals surface area contributed by atoms with Crippen molar-refractivity contribution in [3.05, 3.63) is 0 Å². The van der Waals surface area contributed by atoms with Crippen LogP contribution in [0.5, 0.6) is 0 Å². The first kappa shape index (κ1) is 12.9. The molecular weight excluding hydrogens is 200 g/mol. The first-order chi connectivity index (χ1) is 7.28. The topological polar surface area (TPSA) is 46.2 Å². The van der Waals surface area contributed by atoms with Crippen LogP contribution >= 0.6 is 0 Å². The minimum absolute atomic E-state index is 0.0925. The zero-order valence-corrected chi connectivity index (χ0v) is 9.76. The van der Waals surface area contributed by atoms with E-state index in [2.05, 4.69) is 0 Å². The van der Waals surface area contributed by atoms with Crippen molar-refractivity contribution >= 4 is 0 Å². The van der Waals surface area contributed by atoms with E-state index in [1.54, 1.807) is 28.4 Å². The van der Waals surface area contributed by atoms with Gasteiger partial charge in [0, 0.05) is 28.4 Å². The Hall–Kier alpha value is -0.200. The van der Waals surface area contributed by atoms with Gasteiger partial charge in [0.15, 0.2) is 0 Å². The maximum Gasteiger partial charge on any atom is 0.114 e. The summed E-state index contributed by atoms with van der Waals surface area (Å²) in [5.41, 5.74) is 0. The second-order valence-corrected chi connectivity index (χ2v) is 3.52. The summed E-state index contributed by atoms with van der Waals surface area (Å²) in [6.45, 7) is 0.997. The molecule has 1 rings (SSSR count). The molecule has 0 bridgehead atoms. The molecule has 4 unspecified atom stereocenters. The van der Waals surface area contributed by atoms with Crippen molar-refractivity contribution in [2.24, 2.45) is 0 Å². The predicted molar refractivity (Wildman–Crippen MR) is 54.0 cm³/mol. The fourth-order valence-corrected chi connectivity index (χ4v) is 1.97. The minimum Gasteiger partial charge on any atom is -0.382 e. The lowest BCUT2D eigenvalue weighted by Gasteiger charge is -2.20. The molecule has 0 amide bonds. The van der Waals surface area contributed by atoms with Crippen LogP contribution in [0.1, 0.15) is 0 Å². The normalized spacial score (nSPS) is 36.0. The Balaban J connectivity index is 2.62. The van der Waals surface area contributed by atoms with Gasteiger partial charge in [-0.15, -0.1) is 0 Å². The van der Waals surface area contributed by atoms with Crippen LogP contribution in [-0.2, 0) is 23.7 Å². The van der Waals surface area contributed by atoms with Gasteiger partial charge in [-0.3, -0.25) is 0 Å². The van der Waals surface area contributed by atoms with Crippen molar-refractivity contribution in [3.63, 3.8) is 0 Å². The van der Waals surface area contributed by atoms with Crippen LogP contribution in [0.4, 0.5) is 0 Å². The van der Waals surface area contributed by atoms with Gasteiger partial charge in [-0.2, -0.15) is 0 Å². The SMILES string of the molecule is COCC1OC(COC)C(OC)C1OC. The first-order valence-electron chi connectivity index (χ1n) is 4.97. The van der Waals surface area contributed by atoms with Crippen LogP contribution in [0.25, 0.3) is 0 Å². The van der Waals surface area contributed by atoms with Gasteiger partial charge in [0.25, 0.3) is 0 Å². The van der Waals surface area contributed by atoms with E-state index in [9.17, 15) is 0 Å². The number of hydrogen-bond acceptors (Lipinski definition) is 5. The molecule has 0 N–H and O–H groups in total. The summed E-state index contributed by atoms with van der Waals surface area (Å²) < 4.78 is 26.6. The Morgan fingerprint density at radius 2 is 1.20 bits per heavy atom. The third kappa shape index (κ3) is 2.89. The molecule has 0 saturated carbocycles. The third-order valence-corrected chi connectivity index (χ3v) is 2.61. The fourth-order valence-electron chi connectivity index (χ4n) is 1.97. The summed E-state index contributed by atoms with van der Waals surface area (Å²) in [7, 11) is 6.58. The van der Waals surface area contributed by atoms with Gasteiger partial charge in [-0.1, -0.05) is 0 Å². The monoisotopic (exact) mass is 220 g/mol. The Morgan fingerprint density at radius 3 is 1.47 bits per heavy atom. The molecule has 0 radical (unpaired) electrons. The van der Waals surface area contributed by atoms with E-state index < -0.39 is 0 Å². The van der Waals surface area contributed by atoms with Crippen LogP contribution in [0.2, 0.25) is 0 Å². The van der Waals surface area contributed by atoms with Crippen LogP contribution in [0, 0.1) is 0 Å². The van der Waals surface area contributed by atoms with Gasteiger partial charge in [-0.25, -0.2) is 0 Å². The van der Waals surface area contributed by atoms with Gasteiger partial charge < -0.3 is 23.7 Å². The van der Waals surface area contributed by atoms with E-state index >= 15 is 0 Å². The second kappa shape index (κ2) is 6.40.